The third-order valence-electron chi connectivity index (χ3n) is 11.9. The molecule has 302 valence electrons. The molecule has 4 fully saturated rings. The molecule has 4 aromatic rings. The van der Waals surface area contributed by atoms with Crippen LogP contribution in [0, 0.1) is 23.7 Å². The molecule has 0 bridgehead atoms. The number of nitrogens with zero attached hydrogens (tertiary/aromatic N) is 2. The molecule has 2 aromatic heterocycles. The van der Waals surface area contributed by atoms with Gasteiger partial charge in [0.1, 0.15) is 47.9 Å². The van der Waals surface area contributed by atoms with Gasteiger partial charge in [0.2, 0.25) is 5.41 Å². The lowest BCUT2D eigenvalue weighted by atomic mass is 9.79. The van der Waals surface area contributed by atoms with Crippen LogP contribution in [0.5, 0.6) is 0 Å². The van der Waals surface area contributed by atoms with Crippen LogP contribution in [-0.4, -0.2) is 71.2 Å². The van der Waals surface area contributed by atoms with Crippen LogP contribution >= 0.6 is 22.7 Å². The van der Waals surface area contributed by atoms with E-state index in [0.29, 0.717) is 11.1 Å². The quantitative estimate of drug-likeness (QED) is 0.101. The first-order valence-corrected chi connectivity index (χ1v) is 20.6. The number of ether oxygens (including phenoxy) is 2. The summed E-state index contributed by atoms with van der Waals surface area (Å²) in [5.74, 6) is -9.30. The van der Waals surface area contributed by atoms with Crippen LogP contribution in [-0.2, 0) is 56.9 Å². The molecule has 0 spiro atoms. The number of ketones is 4. The molecule has 2 heterocycles. The molecular formula is C43H32F4N2O8S2. The van der Waals surface area contributed by atoms with Crippen molar-refractivity contribution >= 4 is 79.2 Å². The minimum absolute atomic E-state index is 0.0220. The third kappa shape index (κ3) is 6.42. The van der Waals surface area contributed by atoms with E-state index >= 15 is 0 Å². The summed E-state index contributed by atoms with van der Waals surface area (Å²) >= 11 is 1.84. The molecule has 10 nitrogen and oxygen atoms in total. The van der Waals surface area contributed by atoms with E-state index in [-0.39, 0.29) is 44.1 Å². The Morgan fingerprint density at radius 1 is 0.559 bits per heavy atom. The van der Waals surface area contributed by atoms with Crippen LogP contribution in [0.15, 0.2) is 82.8 Å². The van der Waals surface area contributed by atoms with Crippen molar-refractivity contribution in [3.63, 3.8) is 0 Å². The van der Waals surface area contributed by atoms with E-state index < -0.39 is 126 Å². The number of esters is 2. The van der Waals surface area contributed by atoms with Gasteiger partial charge < -0.3 is 9.47 Å². The Kier molecular flexibility index (Phi) is 9.89. The second kappa shape index (κ2) is 15.0. The van der Waals surface area contributed by atoms with E-state index in [1.807, 2.05) is 0 Å². The zero-order valence-corrected chi connectivity index (χ0v) is 32.4. The van der Waals surface area contributed by atoms with Crippen LogP contribution in [0.2, 0.25) is 0 Å². The van der Waals surface area contributed by atoms with Crippen LogP contribution in [0.1, 0.15) is 47.9 Å². The van der Waals surface area contributed by atoms with Gasteiger partial charge in [-0.3, -0.25) is 28.8 Å². The molecule has 8 atom stereocenters. The lowest BCUT2D eigenvalue weighted by Crippen LogP contribution is -2.45. The Bertz CT molecular complexity index is 2270. The summed E-state index contributed by atoms with van der Waals surface area (Å²) in [5, 5.41) is 0.0439. The minimum atomic E-state index is -2.36. The molecule has 0 aliphatic heterocycles. The second-order valence-corrected chi connectivity index (χ2v) is 17.4. The number of Topliss-reactive ketones (excluding diaryl/α,β-unsaturated/α-hetero) is 4. The van der Waals surface area contributed by atoms with Crippen molar-refractivity contribution in [2.45, 2.75) is 69.0 Å². The summed E-state index contributed by atoms with van der Waals surface area (Å²) in [5.41, 5.74) is -2.04. The number of rotatable bonds is 8. The maximum Gasteiger partial charge on any atom is 0.333 e. The smallest absolute Gasteiger partial charge is 0.333 e. The van der Waals surface area contributed by atoms with Gasteiger partial charge >= 0.3 is 11.9 Å². The molecule has 2 aromatic carbocycles. The van der Waals surface area contributed by atoms with Gasteiger partial charge in [0.05, 0.1) is 9.75 Å². The van der Waals surface area contributed by atoms with E-state index in [1.54, 1.807) is 60.7 Å². The Morgan fingerprint density at radius 2 is 0.881 bits per heavy atom. The van der Waals surface area contributed by atoms with Gasteiger partial charge in [0.15, 0.2) is 34.6 Å². The lowest BCUT2D eigenvalue weighted by molar-refractivity contribution is -0.164. The first-order valence-electron chi connectivity index (χ1n) is 19.0. The van der Waals surface area contributed by atoms with Crippen LogP contribution in [0.4, 0.5) is 27.6 Å². The van der Waals surface area contributed by atoms with Crippen molar-refractivity contribution in [3.05, 3.63) is 95.1 Å². The van der Waals surface area contributed by atoms with Gasteiger partial charge in [-0.2, -0.15) is 0 Å². The zero-order valence-electron chi connectivity index (χ0n) is 30.8. The highest BCUT2D eigenvalue weighted by Crippen LogP contribution is 2.60. The average Bonchev–Trinajstić information content (AvgIpc) is 4.00. The van der Waals surface area contributed by atoms with Crippen LogP contribution in [0.25, 0.3) is 9.75 Å². The van der Waals surface area contributed by atoms with E-state index in [2.05, 4.69) is 9.98 Å². The van der Waals surface area contributed by atoms with Crippen molar-refractivity contribution in [3.8, 4) is 9.75 Å². The van der Waals surface area contributed by atoms with Gasteiger partial charge in [0, 0.05) is 34.8 Å². The fourth-order valence-electron chi connectivity index (χ4n) is 8.85. The summed E-state index contributed by atoms with van der Waals surface area (Å²) in [6, 6.07) is 20.1. The summed E-state index contributed by atoms with van der Waals surface area (Å²) in [6.07, 6.45) is -9.46. The average molecular weight is 845 g/mol. The molecule has 0 amide bonds. The fourth-order valence-corrected chi connectivity index (χ4v) is 11.2. The van der Waals surface area contributed by atoms with E-state index in [4.69, 9.17) is 9.47 Å². The number of fused-ring (bicyclic) bond motifs is 5. The summed E-state index contributed by atoms with van der Waals surface area (Å²) < 4.78 is 69.1. The summed E-state index contributed by atoms with van der Waals surface area (Å²) in [7, 11) is 0. The van der Waals surface area contributed by atoms with Crippen LogP contribution in [0.3, 0.4) is 0 Å². The highest BCUT2D eigenvalue weighted by Gasteiger charge is 2.61. The largest absolute Gasteiger partial charge is 0.459 e. The zero-order chi connectivity index (χ0) is 41.3. The highest BCUT2D eigenvalue weighted by molar-refractivity contribution is 7.26. The third-order valence-corrected chi connectivity index (χ3v) is 14.1. The highest BCUT2D eigenvalue weighted by atomic mass is 32.1. The Balaban J connectivity index is 1.17. The van der Waals surface area contributed by atoms with E-state index in [1.165, 1.54) is 12.1 Å². The maximum atomic E-state index is 14.8. The molecular weight excluding hydrogens is 813 g/mol. The molecule has 8 unspecified atom stereocenters. The molecule has 4 saturated carbocycles. The number of hydrogen-bond donors (Lipinski definition) is 0. The number of aliphatic imine (C=N–C) groups is 2. The minimum Gasteiger partial charge on any atom is -0.459 e. The van der Waals surface area contributed by atoms with Gasteiger partial charge in [-0.15, -0.1) is 22.7 Å². The Labute approximate surface area is 341 Å². The van der Waals surface area contributed by atoms with Crippen molar-refractivity contribution < 1.29 is 55.8 Å². The predicted molar refractivity (Wildman–Crippen MR) is 207 cm³/mol. The number of carbonyl (C=O) groups excluding carboxylic acids is 6. The van der Waals surface area contributed by atoms with Gasteiger partial charge in [-0.1, -0.05) is 60.7 Å². The fraction of sp³-hybridized carbons (Fsp3) is 0.349. The summed E-state index contributed by atoms with van der Waals surface area (Å²) in [6.45, 7) is -0.519. The van der Waals surface area contributed by atoms with Crippen molar-refractivity contribution in [2.24, 2.45) is 33.7 Å². The van der Waals surface area contributed by atoms with E-state index in [0.717, 1.165) is 22.7 Å². The number of carbonyl (C=O) groups is 6. The van der Waals surface area contributed by atoms with Gasteiger partial charge in [-0.05, 0) is 48.9 Å². The topological polar surface area (TPSA) is 146 Å². The number of benzene rings is 2. The lowest BCUT2D eigenvalue weighted by Gasteiger charge is -2.27. The first kappa shape index (κ1) is 39.0. The number of thiophene rings is 2. The molecule has 5 aliphatic rings. The number of alkyl halides is 4. The van der Waals surface area contributed by atoms with E-state index in [9.17, 15) is 46.3 Å². The first-order chi connectivity index (χ1) is 28.4. The molecule has 9 rings (SSSR count). The molecule has 16 heteroatoms. The normalized spacial score (nSPS) is 27.9. The van der Waals surface area contributed by atoms with Crippen molar-refractivity contribution in [1.29, 1.82) is 0 Å². The Morgan fingerprint density at radius 3 is 1.20 bits per heavy atom. The Hall–Kier alpha value is -5.48. The molecule has 0 N–H and O–H groups in total. The molecule has 0 radical (unpaired) electrons. The van der Waals surface area contributed by atoms with Gasteiger partial charge in [-0.25, -0.2) is 27.5 Å². The maximum absolute atomic E-state index is 14.8. The number of hydrogen-bond acceptors (Lipinski definition) is 12. The standard InChI is InChI=1S/C43H32F4N2O8S2/c44-27-11-21-22(12-28(27)45)36(51)33(35(21)50)48-31-15-25-39(58-31)40-26(16-32(59-40)49-34-37(52)23-13-29(46)30(47)14-24(23)38(34)53)43(25,41(54)56-17-19-7-3-1-4-8-19)42(55)57-18-20-9-5-2-6-10-20/h1-10,15-16,21-24,27-30H,11-14,17-18H2. The molecule has 5 aliphatic carbocycles. The number of halogens is 4. The molecule has 59 heavy (non-hydrogen) atoms. The second-order valence-electron chi connectivity index (χ2n) is 15.3. The SMILES string of the molecule is O=C1C(=Nc2cc3c(s2)-c2sc(N=C4C(=O)C5CC(F)C(F)CC5C4=O)cc2C3(C(=O)OCc2ccccc2)C(=O)OCc2ccccc2)C(=O)C2CC(F)C(F)CC12. The monoisotopic (exact) mass is 844 g/mol. The summed E-state index contributed by atoms with van der Waals surface area (Å²) in [4.78, 5) is 92.5. The van der Waals surface area contributed by atoms with Crippen LogP contribution < -0.4 is 0 Å². The van der Waals surface area contributed by atoms with Crippen molar-refractivity contribution in [2.75, 3.05) is 0 Å². The van der Waals surface area contributed by atoms with Crippen molar-refractivity contribution in [1.82, 2.24) is 0 Å². The predicted octanol–water partition coefficient (Wildman–Crippen LogP) is 7.42. The van der Waals surface area contributed by atoms with Gasteiger partial charge in [0.25, 0.3) is 0 Å². The molecule has 0 saturated heterocycles.